The lowest BCUT2D eigenvalue weighted by atomic mass is 10.2. The Morgan fingerprint density at radius 2 is 2.05 bits per heavy atom. The zero-order chi connectivity index (χ0) is 15.5. The average molecular weight is 298 g/mol. The summed E-state index contributed by atoms with van der Waals surface area (Å²) < 4.78 is 2.16. The Morgan fingerprint density at radius 1 is 1.27 bits per heavy atom. The van der Waals surface area contributed by atoms with Crippen molar-refractivity contribution >= 4 is 5.91 Å². The Bertz CT molecular complexity index is 657. The van der Waals surface area contributed by atoms with Crippen molar-refractivity contribution < 1.29 is 4.79 Å². The molecule has 3 rings (SSSR count). The Balaban J connectivity index is 1.84. The summed E-state index contributed by atoms with van der Waals surface area (Å²) in [6.07, 6.45) is 1.80. The van der Waals surface area contributed by atoms with Gasteiger partial charge in [0.05, 0.1) is 17.8 Å². The summed E-state index contributed by atoms with van der Waals surface area (Å²) in [6.45, 7) is 8.07. The largest absolute Gasteiger partial charge is 0.342 e. The van der Waals surface area contributed by atoms with Crippen LogP contribution in [0.1, 0.15) is 27.4 Å². The fourth-order valence-corrected chi connectivity index (χ4v) is 2.95. The molecule has 1 saturated heterocycles. The second-order valence-corrected chi connectivity index (χ2v) is 5.73. The number of nitrogens with zero attached hydrogens (tertiary/aromatic N) is 3. The molecule has 5 nitrogen and oxygen atoms in total. The smallest absolute Gasteiger partial charge is 0.255 e. The number of hydrogen-bond acceptors (Lipinski definition) is 3. The van der Waals surface area contributed by atoms with Gasteiger partial charge in [-0.15, -0.1) is 0 Å². The van der Waals surface area contributed by atoms with E-state index in [1.54, 1.807) is 6.20 Å². The zero-order valence-corrected chi connectivity index (χ0v) is 13.2. The number of carbonyl (C=O) groups excluding carboxylic acids is 1. The predicted molar refractivity (Wildman–Crippen MR) is 86.0 cm³/mol. The maximum absolute atomic E-state index is 12.7. The summed E-state index contributed by atoms with van der Waals surface area (Å²) in [5.41, 5.74) is 3.94. The minimum Gasteiger partial charge on any atom is -0.342 e. The van der Waals surface area contributed by atoms with E-state index in [1.807, 2.05) is 43.0 Å². The van der Waals surface area contributed by atoms with E-state index < -0.39 is 0 Å². The van der Waals surface area contributed by atoms with Crippen molar-refractivity contribution in [2.45, 2.75) is 20.4 Å². The molecule has 22 heavy (non-hydrogen) atoms. The number of hydrogen-bond donors (Lipinski definition) is 1. The van der Waals surface area contributed by atoms with E-state index in [2.05, 4.69) is 14.9 Å². The van der Waals surface area contributed by atoms with Gasteiger partial charge in [-0.3, -0.25) is 9.78 Å². The van der Waals surface area contributed by atoms with Gasteiger partial charge in [0, 0.05) is 43.8 Å². The molecule has 1 fully saturated rings. The monoisotopic (exact) mass is 298 g/mol. The summed E-state index contributed by atoms with van der Waals surface area (Å²) in [6, 6.07) is 7.92. The van der Waals surface area contributed by atoms with Crippen LogP contribution in [0.4, 0.5) is 0 Å². The third-order valence-corrected chi connectivity index (χ3v) is 4.25. The molecule has 0 aromatic carbocycles. The molecule has 0 bridgehead atoms. The van der Waals surface area contributed by atoms with Gasteiger partial charge >= 0.3 is 0 Å². The number of carbonyl (C=O) groups is 1. The molecule has 0 spiro atoms. The highest BCUT2D eigenvalue weighted by Crippen LogP contribution is 2.18. The van der Waals surface area contributed by atoms with Gasteiger partial charge in [-0.25, -0.2) is 0 Å². The topological polar surface area (TPSA) is 50.2 Å². The second-order valence-electron chi connectivity index (χ2n) is 5.73. The van der Waals surface area contributed by atoms with Crippen LogP contribution >= 0.6 is 0 Å². The fraction of sp³-hybridized carbons (Fsp3) is 0.412. The van der Waals surface area contributed by atoms with E-state index in [9.17, 15) is 4.79 Å². The van der Waals surface area contributed by atoms with Gasteiger partial charge in [0.1, 0.15) is 0 Å². The summed E-state index contributed by atoms with van der Waals surface area (Å²) in [5.74, 6) is 0.141. The first-order valence-corrected chi connectivity index (χ1v) is 7.73. The Morgan fingerprint density at radius 3 is 2.73 bits per heavy atom. The van der Waals surface area contributed by atoms with Gasteiger partial charge in [-0.2, -0.15) is 0 Å². The number of piperazine rings is 1. The minimum atomic E-state index is 0.141. The molecule has 5 heteroatoms. The summed E-state index contributed by atoms with van der Waals surface area (Å²) in [7, 11) is 0. The van der Waals surface area contributed by atoms with E-state index in [0.717, 1.165) is 48.8 Å². The van der Waals surface area contributed by atoms with Crippen molar-refractivity contribution in [1.82, 2.24) is 19.8 Å². The third kappa shape index (κ3) is 2.90. The number of rotatable bonds is 3. The first kappa shape index (κ1) is 14.8. The first-order valence-electron chi connectivity index (χ1n) is 7.73. The van der Waals surface area contributed by atoms with E-state index in [4.69, 9.17) is 0 Å². The molecule has 0 aliphatic carbocycles. The third-order valence-electron chi connectivity index (χ3n) is 4.25. The zero-order valence-electron chi connectivity index (χ0n) is 13.2. The van der Waals surface area contributed by atoms with Gasteiger partial charge in [0.2, 0.25) is 0 Å². The Hall–Kier alpha value is -2.14. The van der Waals surface area contributed by atoms with Crippen molar-refractivity contribution in [1.29, 1.82) is 0 Å². The van der Waals surface area contributed by atoms with Gasteiger partial charge < -0.3 is 14.8 Å². The summed E-state index contributed by atoms with van der Waals surface area (Å²) in [4.78, 5) is 19.0. The molecule has 3 heterocycles. The highest BCUT2D eigenvalue weighted by atomic mass is 16.2. The molecule has 0 radical (unpaired) electrons. The quantitative estimate of drug-likeness (QED) is 0.936. The van der Waals surface area contributed by atoms with Crippen molar-refractivity contribution in [3.8, 4) is 0 Å². The van der Waals surface area contributed by atoms with E-state index >= 15 is 0 Å². The van der Waals surface area contributed by atoms with Crippen LogP contribution in [0.2, 0.25) is 0 Å². The number of aryl methyl sites for hydroxylation is 1. The molecule has 0 saturated carbocycles. The SMILES string of the molecule is Cc1cc(C(=O)N2CCNCC2)c(C)n1Cc1ccccn1. The lowest BCUT2D eigenvalue weighted by Gasteiger charge is -2.27. The van der Waals surface area contributed by atoms with Crippen molar-refractivity contribution in [3.05, 3.63) is 53.1 Å². The molecule has 1 amide bonds. The predicted octanol–water partition coefficient (Wildman–Crippen LogP) is 1.59. The maximum atomic E-state index is 12.7. The number of aromatic nitrogens is 2. The molecule has 2 aromatic heterocycles. The highest BCUT2D eigenvalue weighted by Gasteiger charge is 2.22. The molecule has 116 valence electrons. The minimum absolute atomic E-state index is 0.141. The molecule has 1 N–H and O–H groups in total. The first-order chi connectivity index (χ1) is 10.7. The van der Waals surface area contributed by atoms with Crippen molar-refractivity contribution in [2.75, 3.05) is 26.2 Å². The van der Waals surface area contributed by atoms with Crippen LogP contribution in [-0.4, -0.2) is 46.5 Å². The number of nitrogens with one attached hydrogen (secondary N) is 1. The van der Waals surface area contributed by atoms with Gasteiger partial charge in [-0.1, -0.05) is 6.07 Å². The van der Waals surface area contributed by atoms with Crippen LogP contribution in [0.5, 0.6) is 0 Å². The molecule has 2 aromatic rings. The molecule has 1 aliphatic heterocycles. The number of pyridine rings is 1. The number of amides is 1. The normalized spacial score (nSPS) is 15.1. The van der Waals surface area contributed by atoms with Gasteiger partial charge in [0.25, 0.3) is 5.91 Å². The van der Waals surface area contributed by atoms with Crippen molar-refractivity contribution in [2.24, 2.45) is 0 Å². The molecule has 1 aliphatic rings. The summed E-state index contributed by atoms with van der Waals surface area (Å²) in [5, 5.41) is 3.28. The van der Waals surface area contributed by atoms with Crippen LogP contribution in [-0.2, 0) is 6.54 Å². The Labute approximate surface area is 131 Å². The second kappa shape index (κ2) is 6.32. The van der Waals surface area contributed by atoms with Crippen LogP contribution in [0.25, 0.3) is 0 Å². The van der Waals surface area contributed by atoms with Crippen molar-refractivity contribution in [3.63, 3.8) is 0 Å². The highest BCUT2D eigenvalue weighted by molar-refractivity contribution is 5.95. The lowest BCUT2D eigenvalue weighted by Crippen LogP contribution is -2.46. The lowest BCUT2D eigenvalue weighted by molar-refractivity contribution is 0.0735. The molecular weight excluding hydrogens is 276 g/mol. The van der Waals surface area contributed by atoms with Crippen LogP contribution < -0.4 is 5.32 Å². The average Bonchev–Trinajstić information content (AvgIpc) is 2.84. The maximum Gasteiger partial charge on any atom is 0.255 e. The molecular formula is C17H22N4O. The van der Waals surface area contributed by atoms with E-state index in [-0.39, 0.29) is 5.91 Å². The van der Waals surface area contributed by atoms with E-state index in [0.29, 0.717) is 6.54 Å². The van der Waals surface area contributed by atoms with Crippen LogP contribution in [0.15, 0.2) is 30.5 Å². The van der Waals surface area contributed by atoms with Gasteiger partial charge in [-0.05, 0) is 32.0 Å². The summed E-state index contributed by atoms with van der Waals surface area (Å²) >= 11 is 0. The molecule has 0 atom stereocenters. The van der Waals surface area contributed by atoms with E-state index in [1.165, 1.54) is 0 Å². The van der Waals surface area contributed by atoms with Crippen LogP contribution in [0, 0.1) is 13.8 Å². The molecule has 0 unspecified atom stereocenters. The standard InChI is InChI=1S/C17H22N4O/c1-13-11-16(17(22)20-9-7-18-8-10-20)14(2)21(13)12-15-5-3-4-6-19-15/h3-6,11,18H,7-10,12H2,1-2H3. The fourth-order valence-electron chi connectivity index (χ4n) is 2.95. The Kier molecular flexibility index (Phi) is 4.24. The van der Waals surface area contributed by atoms with Crippen LogP contribution in [0.3, 0.4) is 0 Å². The van der Waals surface area contributed by atoms with Gasteiger partial charge in [0.15, 0.2) is 0 Å².